The summed E-state index contributed by atoms with van der Waals surface area (Å²) in [4.78, 5) is 14.4. The first kappa shape index (κ1) is 22.8. The van der Waals surface area contributed by atoms with E-state index in [1.807, 2.05) is 49.4 Å². The second-order valence-electron chi connectivity index (χ2n) is 7.90. The summed E-state index contributed by atoms with van der Waals surface area (Å²) in [5.41, 5.74) is 4.24. The van der Waals surface area contributed by atoms with Gasteiger partial charge in [-0.1, -0.05) is 48.0 Å². The number of halogens is 1. The summed E-state index contributed by atoms with van der Waals surface area (Å²) in [6.45, 7) is 1.93. The zero-order valence-corrected chi connectivity index (χ0v) is 20.4. The van der Waals surface area contributed by atoms with E-state index < -0.39 is 5.91 Å². The standard InChI is InChI=1S/C26H20ClN5O2S/c1-15-12-21-22(31-32(30-21)23-9-5-7-16-6-3-4-8-18(16)23)14-20(15)28-26(35)29-25(33)19-13-17(27)10-11-24(19)34-2/h3-14H,1-2H3,(H2,28,29,33,35). The number of aromatic nitrogens is 3. The maximum Gasteiger partial charge on any atom is 0.261 e. The lowest BCUT2D eigenvalue weighted by molar-refractivity contribution is 0.0975. The molecule has 0 aliphatic carbocycles. The van der Waals surface area contributed by atoms with E-state index in [-0.39, 0.29) is 10.7 Å². The summed E-state index contributed by atoms with van der Waals surface area (Å²) < 4.78 is 5.25. The van der Waals surface area contributed by atoms with Gasteiger partial charge in [-0.3, -0.25) is 10.1 Å². The van der Waals surface area contributed by atoms with Crippen molar-refractivity contribution in [3.63, 3.8) is 0 Å². The first-order valence-corrected chi connectivity index (χ1v) is 11.5. The molecule has 0 saturated heterocycles. The number of amides is 1. The number of fused-ring (bicyclic) bond motifs is 2. The highest BCUT2D eigenvalue weighted by molar-refractivity contribution is 7.80. The lowest BCUT2D eigenvalue weighted by Crippen LogP contribution is -2.34. The molecule has 9 heteroatoms. The Bertz CT molecular complexity index is 1610. The fourth-order valence-corrected chi connectivity index (χ4v) is 4.25. The van der Waals surface area contributed by atoms with Crippen molar-refractivity contribution in [1.82, 2.24) is 20.3 Å². The molecule has 5 rings (SSSR count). The summed E-state index contributed by atoms with van der Waals surface area (Å²) in [7, 11) is 1.49. The molecule has 5 aromatic rings. The Morgan fingerprint density at radius 2 is 1.74 bits per heavy atom. The van der Waals surface area contributed by atoms with E-state index in [1.165, 1.54) is 13.2 Å². The molecule has 0 bridgehead atoms. The van der Waals surface area contributed by atoms with Crippen molar-refractivity contribution in [3.8, 4) is 11.4 Å². The third-order valence-electron chi connectivity index (χ3n) is 5.59. The molecule has 0 aliphatic heterocycles. The van der Waals surface area contributed by atoms with E-state index in [9.17, 15) is 4.79 Å². The van der Waals surface area contributed by atoms with Crippen molar-refractivity contribution in [1.29, 1.82) is 0 Å². The first-order valence-electron chi connectivity index (χ1n) is 10.7. The van der Waals surface area contributed by atoms with E-state index in [0.29, 0.717) is 22.0 Å². The number of benzene rings is 4. The predicted molar refractivity (Wildman–Crippen MR) is 143 cm³/mol. The number of aryl methyl sites for hydroxylation is 1. The van der Waals surface area contributed by atoms with Gasteiger partial charge in [0.05, 0.1) is 18.4 Å². The minimum absolute atomic E-state index is 0.140. The van der Waals surface area contributed by atoms with E-state index in [4.69, 9.17) is 28.6 Å². The first-order chi connectivity index (χ1) is 16.9. The molecule has 1 aromatic heterocycles. The van der Waals surface area contributed by atoms with Crippen LogP contribution in [-0.2, 0) is 0 Å². The molecule has 0 saturated carbocycles. The third kappa shape index (κ3) is 4.53. The van der Waals surface area contributed by atoms with Crippen LogP contribution in [0.1, 0.15) is 15.9 Å². The van der Waals surface area contributed by atoms with Crippen LogP contribution in [-0.4, -0.2) is 33.1 Å². The lowest BCUT2D eigenvalue weighted by Gasteiger charge is -2.13. The Morgan fingerprint density at radius 1 is 1.00 bits per heavy atom. The number of carbonyl (C=O) groups is 1. The van der Waals surface area contributed by atoms with Crippen LogP contribution in [0.4, 0.5) is 5.69 Å². The highest BCUT2D eigenvalue weighted by Crippen LogP contribution is 2.26. The highest BCUT2D eigenvalue weighted by Gasteiger charge is 2.16. The van der Waals surface area contributed by atoms with Crippen LogP contribution >= 0.6 is 23.8 Å². The van der Waals surface area contributed by atoms with Crippen LogP contribution in [0.25, 0.3) is 27.5 Å². The molecule has 1 heterocycles. The number of nitrogens with zero attached hydrogens (tertiary/aromatic N) is 3. The SMILES string of the molecule is COc1ccc(Cl)cc1C(=O)NC(=S)Nc1cc2nn(-c3cccc4ccccc34)nc2cc1C. The van der Waals surface area contributed by atoms with Crippen molar-refractivity contribution < 1.29 is 9.53 Å². The topological polar surface area (TPSA) is 81.1 Å². The average Bonchev–Trinajstić information content (AvgIpc) is 3.26. The molecule has 0 fully saturated rings. The number of anilines is 1. The van der Waals surface area contributed by atoms with Gasteiger partial charge in [0.15, 0.2) is 5.11 Å². The number of thiocarbonyl (C=S) groups is 1. The van der Waals surface area contributed by atoms with Crippen molar-refractivity contribution in [2.45, 2.75) is 6.92 Å². The summed E-state index contributed by atoms with van der Waals surface area (Å²) in [5.74, 6) is -0.0279. The number of nitrogens with one attached hydrogen (secondary N) is 2. The van der Waals surface area contributed by atoms with Crippen LogP contribution < -0.4 is 15.4 Å². The molecule has 0 radical (unpaired) electrons. The van der Waals surface area contributed by atoms with Crippen LogP contribution in [0.3, 0.4) is 0 Å². The summed E-state index contributed by atoms with van der Waals surface area (Å²) in [6.07, 6.45) is 0. The number of methoxy groups -OCH3 is 1. The van der Waals surface area contributed by atoms with Crippen molar-refractivity contribution in [2.75, 3.05) is 12.4 Å². The van der Waals surface area contributed by atoms with E-state index in [2.05, 4.69) is 33.0 Å². The van der Waals surface area contributed by atoms with Crippen molar-refractivity contribution in [2.24, 2.45) is 0 Å². The van der Waals surface area contributed by atoms with Crippen LogP contribution in [0.2, 0.25) is 5.02 Å². The molecule has 0 aliphatic rings. The second kappa shape index (κ2) is 9.32. The number of carbonyl (C=O) groups excluding carboxylic acids is 1. The van der Waals surface area contributed by atoms with Gasteiger partial charge in [0, 0.05) is 16.1 Å². The van der Waals surface area contributed by atoms with Gasteiger partial charge in [-0.05, 0) is 66.5 Å². The van der Waals surface area contributed by atoms with Gasteiger partial charge >= 0.3 is 0 Å². The largest absolute Gasteiger partial charge is 0.496 e. The molecule has 4 aromatic carbocycles. The second-order valence-corrected chi connectivity index (χ2v) is 8.74. The minimum Gasteiger partial charge on any atom is -0.496 e. The van der Waals surface area contributed by atoms with Crippen LogP contribution in [0, 0.1) is 6.92 Å². The van der Waals surface area contributed by atoms with Crippen molar-refractivity contribution in [3.05, 3.63) is 88.9 Å². The lowest BCUT2D eigenvalue weighted by atomic mass is 10.1. The Hall–Kier alpha value is -4.01. The van der Waals surface area contributed by atoms with Crippen LogP contribution in [0.5, 0.6) is 5.75 Å². The molecule has 7 nitrogen and oxygen atoms in total. The number of ether oxygens (including phenoxy) is 1. The number of hydrogen-bond acceptors (Lipinski definition) is 5. The zero-order chi connectivity index (χ0) is 24.5. The smallest absolute Gasteiger partial charge is 0.261 e. The molecular weight excluding hydrogens is 482 g/mol. The Morgan fingerprint density at radius 3 is 2.54 bits per heavy atom. The van der Waals surface area contributed by atoms with Gasteiger partial charge in [-0.25, -0.2) is 0 Å². The Kier molecular flexibility index (Phi) is 6.07. The highest BCUT2D eigenvalue weighted by atomic mass is 35.5. The Balaban J connectivity index is 1.40. The summed E-state index contributed by atoms with van der Waals surface area (Å²) >= 11 is 11.4. The van der Waals surface area contributed by atoms with Gasteiger partial charge in [-0.15, -0.1) is 15.0 Å². The molecule has 0 atom stereocenters. The van der Waals surface area contributed by atoms with Gasteiger partial charge in [0.25, 0.3) is 5.91 Å². The van der Waals surface area contributed by atoms with Gasteiger partial charge in [0.2, 0.25) is 0 Å². The molecule has 1 amide bonds. The fourth-order valence-electron chi connectivity index (χ4n) is 3.87. The molecule has 0 unspecified atom stereocenters. The molecule has 0 spiro atoms. The monoisotopic (exact) mass is 501 g/mol. The Labute approximate surface area is 211 Å². The molecule has 2 N–H and O–H groups in total. The predicted octanol–water partition coefficient (Wildman–Crippen LogP) is 5.67. The van der Waals surface area contributed by atoms with Gasteiger partial charge < -0.3 is 10.1 Å². The van der Waals surface area contributed by atoms with E-state index in [1.54, 1.807) is 16.9 Å². The van der Waals surface area contributed by atoms with Crippen LogP contribution in [0.15, 0.2) is 72.8 Å². The average molecular weight is 502 g/mol. The van der Waals surface area contributed by atoms with E-state index in [0.717, 1.165) is 27.5 Å². The molecular formula is C26H20ClN5O2S. The maximum absolute atomic E-state index is 12.7. The van der Waals surface area contributed by atoms with E-state index >= 15 is 0 Å². The summed E-state index contributed by atoms with van der Waals surface area (Å²) in [6, 6.07) is 22.7. The number of rotatable bonds is 4. The fraction of sp³-hybridized carbons (Fsp3) is 0.0769. The minimum atomic E-state index is -0.428. The van der Waals surface area contributed by atoms with Gasteiger partial charge in [-0.2, -0.15) is 0 Å². The van der Waals surface area contributed by atoms with Gasteiger partial charge in [0.1, 0.15) is 16.8 Å². The van der Waals surface area contributed by atoms with Crippen molar-refractivity contribution >= 4 is 62.3 Å². The normalized spacial score (nSPS) is 10.9. The molecule has 35 heavy (non-hydrogen) atoms. The zero-order valence-electron chi connectivity index (χ0n) is 18.9. The third-order valence-corrected chi connectivity index (χ3v) is 6.03. The molecule has 174 valence electrons. The summed E-state index contributed by atoms with van der Waals surface area (Å²) in [5, 5.41) is 17.9. The quantitative estimate of drug-likeness (QED) is 0.309. The maximum atomic E-state index is 12.7. The number of hydrogen-bond donors (Lipinski definition) is 2.